The molecule has 1 saturated heterocycles. The first-order chi connectivity index (χ1) is 6.09. The van der Waals surface area contributed by atoms with Crippen molar-refractivity contribution >= 4 is 17.7 Å². The lowest BCUT2D eigenvalue weighted by Gasteiger charge is -2.27. The summed E-state index contributed by atoms with van der Waals surface area (Å²) in [5.41, 5.74) is 5.46. The van der Waals surface area contributed by atoms with E-state index in [1.54, 1.807) is 6.92 Å². The third-order valence-corrected chi connectivity index (χ3v) is 3.66. The van der Waals surface area contributed by atoms with Crippen molar-refractivity contribution in [1.82, 2.24) is 5.32 Å². The molecule has 3 nitrogen and oxygen atoms in total. The molecule has 0 aromatic rings. The number of nitrogens with one attached hydrogen (secondary N) is 1. The van der Waals surface area contributed by atoms with Crippen LogP contribution >= 0.6 is 11.8 Å². The zero-order valence-electron chi connectivity index (χ0n) is 8.25. The van der Waals surface area contributed by atoms with E-state index < -0.39 is 0 Å². The van der Waals surface area contributed by atoms with Crippen LogP contribution in [0.3, 0.4) is 0 Å². The fraction of sp³-hybridized carbons (Fsp3) is 0.889. The van der Waals surface area contributed by atoms with Crippen LogP contribution in [0, 0.1) is 0 Å². The Morgan fingerprint density at radius 1 is 1.62 bits per heavy atom. The largest absolute Gasteiger partial charge is 0.351 e. The maximum atomic E-state index is 11.2. The van der Waals surface area contributed by atoms with Gasteiger partial charge in [-0.3, -0.25) is 4.79 Å². The number of carbonyl (C=O) groups excluding carboxylic acids is 1. The van der Waals surface area contributed by atoms with Crippen molar-refractivity contribution in [2.75, 3.05) is 5.75 Å². The normalized spacial score (nSPS) is 31.0. The molecule has 4 heteroatoms. The summed E-state index contributed by atoms with van der Waals surface area (Å²) in [6.07, 6.45) is 2.28. The van der Waals surface area contributed by atoms with Crippen LogP contribution in [0.4, 0.5) is 0 Å². The number of thioether (sulfide) groups is 1. The Hall–Kier alpha value is -0.220. The number of carbonyl (C=O) groups is 1. The van der Waals surface area contributed by atoms with E-state index in [0.29, 0.717) is 6.04 Å². The molecular formula is C9H18N2OS. The first-order valence-corrected chi connectivity index (χ1v) is 5.82. The average molecular weight is 202 g/mol. The predicted octanol–water partition coefficient (Wildman–Crippen LogP) is 0.734. The van der Waals surface area contributed by atoms with E-state index in [-0.39, 0.29) is 11.9 Å². The minimum absolute atomic E-state index is 0.0276. The minimum Gasteiger partial charge on any atom is -0.351 e. The highest BCUT2D eigenvalue weighted by molar-refractivity contribution is 7.99. The van der Waals surface area contributed by atoms with Crippen LogP contribution in [0.2, 0.25) is 0 Å². The molecule has 2 unspecified atom stereocenters. The van der Waals surface area contributed by atoms with Gasteiger partial charge in [-0.25, -0.2) is 0 Å². The lowest BCUT2D eigenvalue weighted by Crippen LogP contribution is -2.46. The third-order valence-electron chi connectivity index (χ3n) is 2.26. The lowest BCUT2D eigenvalue weighted by atomic mass is 10.1. The standard InChI is InChI=1S/C9H18N2OS/c1-6-3-4-8(5-13-6)11-9(12)7(2)10/h6-8H,3-5,10H2,1-2H3,(H,11,12)/t6?,7-,8?/m1/s1. The van der Waals surface area contributed by atoms with Crippen LogP contribution in [0.5, 0.6) is 0 Å². The number of amides is 1. The summed E-state index contributed by atoms with van der Waals surface area (Å²) in [6, 6.07) is -0.0518. The van der Waals surface area contributed by atoms with Gasteiger partial charge >= 0.3 is 0 Å². The smallest absolute Gasteiger partial charge is 0.236 e. The molecule has 0 radical (unpaired) electrons. The van der Waals surface area contributed by atoms with Crippen molar-refractivity contribution in [1.29, 1.82) is 0 Å². The number of nitrogens with two attached hydrogens (primary N) is 1. The molecule has 0 aliphatic carbocycles. The van der Waals surface area contributed by atoms with Crippen molar-refractivity contribution in [2.45, 2.75) is 44.0 Å². The molecule has 0 saturated carbocycles. The molecule has 1 rings (SSSR count). The predicted molar refractivity (Wildman–Crippen MR) is 56.7 cm³/mol. The van der Waals surface area contributed by atoms with Crippen LogP contribution in [0.25, 0.3) is 0 Å². The maximum Gasteiger partial charge on any atom is 0.236 e. The Labute approximate surface area is 83.8 Å². The molecule has 13 heavy (non-hydrogen) atoms. The minimum atomic E-state index is -0.385. The number of rotatable bonds is 2. The SMILES string of the molecule is CC1CCC(NC(=O)[C@@H](C)N)CS1. The topological polar surface area (TPSA) is 55.1 Å². The van der Waals surface area contributed by atoms with Crippen molar-refractivity contribution < 1.29 is 4.79 Å². The van der Waals surface area contributed by atoms with E-state index in [1.165, 1.54) is 6.42 Å². The zero-order valence-corrected chi connectivity index (χ0v) is 9.06. The Kier molecular flexibility index (Phi) is 4.06. The Morgan fingerprint density at radius 3 is 2.77 bits per heavy atom. The van der Waals surface area contributed by atoms with Gasteiger partial charge in [0.15, 0.2) is 0 Å². The molecular weight excluding hydrogens is 184 g/mol. The second-order valence-corrected chi connectivity index (χ2v) is 5.19. The van der Waals surface area contributed by atoms with Gasteiger partial charge in [0.05, 0.1) is 6.04 Å². The van der Waals surface area contributed by atoms with Gasteiger partial charge in [-0.1, -0.05) is 6.92 Å². The molecule has 0 spiro atoms. The first kappa shape index (κ1) is 10.9. The summed E-state index contributed by atoms with van der Waals surface area (Å²) in [4.78, 5) is 11.2. The van der Waals surface area contributed by atoms with Gasteiger partial charge in [-0.2, -0.15) is 11.8 Å². The molecule has 0 aromatic heterocycles. The second kappa shape index (κ2) is 4.86. The average Bonchev–Trinajstić information content (AvgIpc) is 2.08. The van der Waals surface area contributed by atoms with E-state index in [2.05, 4.69) is 12.2 Å². The van der Waals surface area contributed by atoms with E-state index in [9.17, 15) is 4.79 Å². The Bertz CT molecular complexity index is 176. The lowest BCUT2D eigenvalue weighted by molar-refractivity contribution is -0.122. The highest BCUT2D eigenvalue weighted by Crippen LogP contribution is 2.24. The van der Waals surface area contributed by atoms with Crippen molar-refractivity contribution in [3.8, 4) is 0 Å². The molecule has 0 bridgehead atoms. The first-order valence-electron chi connectivity index (χ1n) is 4.77. The van der Waals surface area contributed by atoms with Crippen LogP contribution in [-0.2, 0) is 4.79 Å². The molecule has 1 aliphatic heterocycles. The summed E-state index contributed by atoms with van der Waals surface area (Å²) in [7, 11) is 0. The molecule has 0 aromatic carbocycles. The molecule has 76 valence electrons. The fourth-order valence-electron chi connectivity index (χ4n) is 1.33. The Balaban J connectivity index is 2.26. The second-order valence-electron chi connectivity index (χ2n) is 3.72. The molecule has 3 N–H and O–H groups in total. The molecule has 3 atom stereocenters. The van der Waals surface area contributed by atoms with E-state index in [0.717, 1.165) is 17.4 Å². The molecule has 1 amide bonds. The van der Waals surface area contributed by atoms with Gasteiger partial charge in [0, 0.05) is 17.0 Å². The molecule has 1 fully saturated rings. The van der Waals surface area contributed by atoms with Crippen LogP contribution in [-0.4, -0.2) is 29.0 Å². The Morgan fingerprint density at radius 2 is 2.31 bits per heavy atom. The van der Waals surface area contributed by atoms with Gasteiger partial charge in [0.25, 0.3) is 0 Å². The molecule has 1 heterocycles. The van der Waals surface area contributed by atoms with Gasteiger partial charge in [-0.15, -0.1) is 0 Å². The monoisotopic (exact) mass is 202 g/mol. The van der Waals surface area contributed by atoms with Gasteiger partial charge in [0.1, 0.15) is 0 Å². The molecule has 1 aliphatic rings. The van der Waals surface area contributed by atoms with Crippen LogP contribution < -0.4 is 11.1 Å². The van der Waals surface area contributed by atoms with Gasteiger partial charge in [0.2, 0.25) is 5.91 Å². The summed E-state index contributed by atoms with van der Waals surface area (Å²) < 4.78 is 0. The van der Waals surface area contributed by atoms with Crippen molar-refractivity contribution in [3.63, 3.8) is 0 Å². The summed E-state index contributed by atoms with van der Waals surface area (Å²) >= 11 is 1.92. The van der Waals surface area contributed by atoms with Crippen molar-refractivity contribution in [2.24, 2.45) is 5.73 Å². The maximum absolute atomic E-state index is 11.2. The highest BCUT2D eigenvalue weighted by atomic mass is 32.2. The number of hydrogen-bond acceptors (Lipinski definition) is 3. The van der Waals surface area contributed by atoms with Gasteiger partial charge < -0.3 is 11.1 Å². The van der Waals surface area contributed by atoms with Gasteiger partial charge in [-0.05, 0) is 19.8 Å². The van der Waals surface area contributed by atoms with Crippen LogP contribution in [0.15, 0.2) is 0 Å². The van der Waals surface area contributed by atoms with Crippen LogP contribution in [0.1, 0.15) is 26.7 Å². The van der Waals surface area contributed by atoms with E-state index >= 15 is 0 Å². The summed E-state index contributed by atoms with van der Waals surface area (Å²) in [5, 5.41) is 3.69. The summed E-state index contributed by atoms with van der Waals surface area (Å²) in [5.74, 6) is 1.000. The number of hydrogen-bond donors (Lipinski definition) is 2. The van der Waals surface area contributed by atoms with E-state index in [4.69, 9.17) is 5.73 Å². The quantitative estimate of drug-likeness (QED) is 0.694. The fourth-order valence-corrected chi connectivity index (χ4v) is 2.44. The summed E-state index contributed by atoms with van der Waals surface area (Å²) in [6.45, 7) is 3.95. The zero-order chi connectivity index (χ0) is 9.84. The van der Waals surface area contributed by atoms with Crippen molar-refractivity contribution in [3.05, 3.63) is 0 Å². The third kappa shape index (κ3) is 3.56. The highest BCUT2D eigenvalue weighted by Gasteiger charge is 2.20. The van der Waals surface area contributed by atoms with E-state index in [1.807, 2.05) is 11.8 Å².